The van der Waals surface area contributed by atoms with E-state index in [1.807, 2.05) is 42.5 Å². The van der Waals surface area contributed by atoms with Gasteiger partial charge in [-0.2, -0.15) is 0 Å². The fourth-order valence-electron chi connectivity index (χ4n) is 6.74. The highest BCUT2D eigenvalue weighted by Crippen LogP contribution is 2.41. The maximum Gasteiger partial charge on any atom is 0.159 e. The Hall–Kier alpha value is -6.26. The molecule has 1 unspecified atom stereocenters. The van der Waals surface area contributed by atoms with E-state index in [-0.39, 0.29) is 6.17 Å². The molecule has 4 nitrogen and oxygen atoms in total. The van der Waals surface area contributed by atoms with E-state index >= 15 is 0 Å². The molecule has 0 saturated heterocycles. The summed E-state index contributed by atoms with van der Waals surface area (Å²) in [5, 5.41) is 8.19. The van der Waals surface area contributed by atoms with Crippen LogP contribution in [0.3, 0.4) is 0 Å². The van der Waals surface area contributed by atoms with E-state index in [1.165, 1.54) is 5.56 Å². The Kier molecular flexibility index (Phi) is 6.50. The van der Waals surface area contributed by atoms with E-state index in [0.717, 1.165) is 71.9 Å². The SMILES string of the molecule is c1ccc(C2=NC(c3cccc4c(-c5cccc6oc7cc(-c8ccccc8)ccc7c56)cccc34)NC(c3ccccc3)=N2)cc1. The predicted octanol–water partition coefficient (Wildman–Crippen LogP) is 10.6. The molecule has 7 aromatic carbocycles. The molecular weight excluding hydrogens is 574 g/mol. The smallest absolute Gasteiger partial charge is 0.159 e. The third-order valence-electron chi connectivity index (χ3n) is 8.97. The molecule has 1 aliphatic rings. The zero-order valence-corrected chi connectivity index (χ0v) is 25.5. The van der Waals surface area contributed by atoms with Gasteiger partial charge in [-0.3, -0.25) is 0 Å². The molecule has 0 radical (unpaired) electrons. The summed E-state index contributed by atoms with van der Waals surface area (Å²) in [5.41, 5.74) is 9.49. The first-order valence-corrected chi connectivity index (χ1v) is 15.9. The second-order valence-corrected chi connectivity index (χ2v) is 11.8. The Morgan fingerprint density at radius 3 is 1.91 bits per heavy atom. The topological polar surface area (TPSA) is 49.9 Å². The summed E-state index contributed by atoms with van der Waals surface area (Å²) < 4.78 is 6.47. The summed E-state index contributed by atoms with van der Waals surface area (Å²) in [7, 11) is 0. The highest BCUT2D eigenvalue weighted by molar-refractivity contribution is 6.16. The van der Waals surface area contributed by atoms with Gasteiger partial charge in [0.15, 0.2) is 5.84 Å². The van der Waals surface area contributed by atoms with E-state index < -0.39 is 0 Å². The van der Waals surface area contributed by atoms with Crippen LogP contribution in [0, 0.1) is 0 Å². The van der Waals surface area contributed by atoms with E-state index in [2.05, 4.69) is 127 Å². The molecule has 0 spiro atoms. The lowest BCUT2D eigenvalue weighted by Gasteiger charge is -2.25. The average molecular weight is 604 g/mol. The zero-order chi connectivity index (χ0) is 31.2. The molecule has 0 aliphatic carbocycles. The van der Waals surface area contributed by atoms with Crippen LogP contribution in [0.25, 0.3) is 55.0 Å². The minimum absolute atomic E-state index is 0.321. The van der Waals surface area contributed by atoms with Crippen LogP contribution in [0.2, 0.25) is 0 Å². The second kappa shape index (κ2) is 11.3. The number of hydrogen-bond acceptors (Lipinski definition) is 4. The summed E-state index contributed by atoms with van der Waals surface area (Å²) in [5.74, 6) is 1.52. The molecule has 1 atom stereocenters. The van der Waals surface area contributed by atoms with Crippen LogP contribution >= 0.6 is 0 Å². The van der Waals surface area contributed by atoms with Crippen LogP contribution in [0.4, 0.5) is 0 Å². The van der Waals surface area contributed by atoms with Crippen molar-refractivity contribution in [2.75, 3.05) is 0 Å². The van der Waals surface area contributed by atoms with Crippen LogP contribution < -0.4 is 5.32 Å². The van der Waals surface area contributed by atoms with Gasteiger partial charge in [0, 0.05) is 27.5 Å². The van der Waals surface area contributed by atoms with Crippen LogP contribution in [0.1, 0.15) is 22.9 Å². The van der Waals surface area contributed by atoms with Crippen molar-refractivity contribution in [2.24, 2.45) is 9.98 Å². The molecule has 222 valence electrons. The van der Waals surface area contributed by atoms with Gasteiger partial charge in [0.25, 0.3) is 0 Å². The van der Waals surface area contributed by atoms with Gasteiger partial charge in [0.2, 0.25) is 0 Å². The number of aliphatic imine (C=N–C) groups is 2. The van der Waals surface area contributed by atoms with Gasteiger partial charge in [-0.1, -0.05) is 146 Å². The van der Waals surface area contributed by atoms with Gasteiger partial charge in [-0.25, -0.2) is 9.98 Å². The van der Waals surface area contributed by atoms with Crippen molar-refractivity contribution >= 4 is 44.4 Å². The molecule has 4 heteroatoms. The van der Waals surface area contributed by atoms with Crippen LogP contribution in [-0.4, -0.2) is 11.7 Å². The molecular formula is C43H29N3O. The lowest BCUT2D eigenvalue weighted by Crippen LogP contribution is -2.33. The quantitative estimate of drug-likeness (QED) is 0.213. The number of amidine groups is 2. The Labute approximate surface area is 272 Å². The van der Waals surface area contributed by atoms with Crippen molar-refractivity contribution in [3.05, 3.63) is 180 Å². The molecule has 8 aromatic rings. The van der Waals surface area contributed by atoms with Gasteiger partial charge in [0.1, 0.15) is 23.2 Å². The number of hydrogen-bond donors (Lipinski definition) is 1. The van der Waals surface area contributed by atoms with Gasteiger partial charge < -0.3 is 9.73 Å². The number of rotatable bonds is 5. The fraction of sp³-hybridized carbons (Fsp3) is 0.0233. The third-order valence-corrected chi connectivity index (χ3v) is 8.97. The number of fused-ring (bicyclic) bond motifs is 4. The maximum atomic E-state index is 6.47. The molecule has 1 aromatic heterocycles. The number of furan rings is 1. The van der Waals surface area contributed by atoms with E-state index in [4.69, 9.17) is 14.4 Å². The second-order valence-electron chi connectivity index (χ2n) is 11.8. The molecule has 0 bridgehead atoms. The van der Waals surface area contributed by atoms with Gasteiger partial charge in [-0.15, -0.1) is 0 Å². The average Bonchev–Trinajstić information content (AvgIpc) is 3.53. The number of nitrogens with one attached hydrogen (secondary N) is 1. The summed E-state index contributed by atoms with van der Waals surface area (Å²) in [6.45, 7) is 0. The van der Waals surface area contributed by atoms with Gasteiger partial charge in [0.05, 0.1) is 0 Å². The first-order chi connectivity index (χ1) is 23.3. The summed E-state index contributed by atoms with van der Waals surface area (Å²) in [4.78, 5) is 10.1. The van der Waals surface area contributed by atoms with Gasteiger partial charge in [-0.05, 0) is 51.2 Å². The van der Waals surface area contributed by atoms with E-state index in [0.29, 0.717) is 5.84 Å². The third kappa shape index (κ3) is 4.79. The molecule has 0 fully saturated rings. The van der Waals surface area contributed by atoms with Crippen molar-refractivity contribution < 1.29 is 4.42 Å². The Bertz CT molecular complexity index is 2480. The predicted molar refractivity (Wildman–Crippen MR) is 194 cm³/mol. The molecule has 1 N–H and O–H groups in total. The molecule has 1 aliphatic heterocycles. The van der Waals surface area contributed by atoms with Crippen LogP contribution in [0.15, 0.2) is 178 Å². The van der Waals surface area contributed by atoms with E-state index in [1.54, 1.807) is 0 Å². The Morgan fingerprint density at radius 2 is 1.13 bits per heavy atom. The Balaban J connectivity index is 1.19. The number of nitrogens with zero attached hydrogens (tertiary/aromatic N) is 2. The van der Waals surface area contributed by atoms with Crippen molar-refractivity contribution in [3.63, 3.8) is 0 Å². The summed E-state index contributed by atoms with van der Waals surface area (Å²) in [6.07, 6.45) is -0.321. The highest BCUT2D eigenvalue weighted by atomic mass is 16.3. The van der Waals surface area contributed by atoms with Crippen LogP contribution in [0.5, 0.6) is 0 Å². The van der Waals surface area contributed by atoms with Crippen molar-refractivity contribution in [1.29, 1.82) is 0 Å². The fourth-order valence-corrected chi connectivity index (χ4v) is 6.74. The molecule has 0 saturated carbocycles. The maximum absolute atomic E-state index is 6.47. The normalized spacial score (nSPS) is 14.6. The first kappa shape index (κ1) is 27.1. The minimum Gasteiger partial charge on any atom is -0.456 e. The van der Waals surface area contributed by atoms with Gasteiger partial charge >= 0.3 is 0 Å². The monoisotopic (exact) mass is 603 g/mol. The zero-order valence-electron chi connectivity index (χ0n) is 25.5. The molecule has 47 heavy (non-hydrogen) atoms. The summed E-state index contributed by atoms with van der Waals surface area (Å²) >= 11 is 0. The minimum atomic E-state index is -0.321. The first-order valence-electron chi connectivity index (χ1n) is 15.9. The van der Waals surface area contributed by atoms with Crippen molar-refractivity contribution in [1.82, 2.24) is 5.32 Å². The highest BCUT2D eigenvalue weighted by Gasteiger charge is 2.23. The van der Waals surface area contributed by atoms with Crippen molar-refractivity contribution in [3.8, 4) is 22.3 Å². The lowest BCUT2D eigenvalue weighted by atomic mass is 9.92. The molecule has 9 rings (SSSR count). The van der Waals surface area contributed by atoms with Crippen molar-refractivity contribution in [2.45, 2.75) is 6.17 Å². The van der Waals surface area contributed by atoms with Crippen LogP contribution in [-0.2, 0) is 0 Å². The largest absolute Gasteiger partial charge is 0.456 e. The standard InChI is InChI=1S/C43H29N3O/c1-4-13-28(14-5-1)31-25-26-37-39(27-31)47-38-24-12-22-35(40(37)38)33-20-10-21-34-32(33)19-11-23-36(34)43-45-41(29-15-6-2-7-16-29)44-42(46-43)30-17-8-3-9-18-30/h1-27,43H,(H,44,45,46). The summed E-state index contributed by atoms with van der Waals surface area (Å²) in [6, 6.07) is 56.8. The Morgan fingerprint density at radius 1 is 0.468 bits per heavy atom. The molecule has 0 amide bonds. The number of benzene rings is 7. The van der Waals surface area contributed by atoms with E-state index in [9.17, 15) is 0 Å². The molecule has 2 heterocycles. The lowest BCUT2D eigenvalue weighted by molar-refractivity contribution is 0.669.